The molecule has 2 N–H and O–H groups in total. The summed E-state index contributed by atoms with van der Waals surface area (Å²) < 4.78 is 5.28. The van der Waals surface area contributed by atoms with Crippen LogP contribution >= 0.6 is 0 Å². The number of carbonyl (C=O) groups is 2. The van der Waals surface area contributed by atoms with Crippen molar-refractivity contribution >= 4 is 22.7 Å². The van der Waals surface area contributed by atoms with Crippen LogP contribution in [0.3, 0.4) is 0 Å². The highest BCUT2D eigenvalue weighted by atomic mass is 16.3. The van der Waals surface area contributed by atoms with Crippen LogP contribution in [-0.2, 0) is 6.42 Å². The summed E-state index contributed by atoms with van der Waals surface area (Å²) in [5.74, 6) is 0.514. The number of nitrogens with zero attached hydrogens (tertiary/aromatic N) is 3. The average Bonchev–Trinajstić information content (AvgIpc) is 3.38. The van der Waals surface area contributed by atoms with E-state index in [9.17, 15) is 9.59 Å². The number of piperidine rings is 1. The quantitative estimate of drug-likeness (QED) is 0.706. The monoisotopic (exact) mass is 381 g/mol. The summed E-state index contributed by atoms with van der Waals surface area (Å²) in [6.45, 7) is 3.73. The maximum atomic E-state index is 12.8. The first-order chi connectivity index (χ1) is 13.7. The van der Waals surface area contributed by atoms with Crippen molar-refractivity contribution in [1.82, 2.24) is 25.4 Å². The number of nitrogens with one attached hydrogen (secondary N) is 2. The highest BCUT2D eigenvalue weighted by molar-refractivity contribution is 6.04. The fourth-order valence-corrected chi connectivity index (χ4v) is 3.72. The Labute approximate surface area is 162 Å². The van der Waals surface area contributed by atoms with Crippen LogP contribution in [0.25, 0.3) is 10.9 Å². The molecule has 4 rings (SSSR count). The number of fused-ring (bicyclic) bond motifs is 1. The van der Waals surface area contributed by atoms with Gasteiger partial charge in [-0.3, -0.25) is 14.7 Å². The summed E-state index contributed by atoms with van der Waals surface area (Å²) in [5.41, 5.74) is 1.63. The van der Waals surface area contributed by atoms with E-state index < -0.39 is 0 Å². The minimum atomic E-state index is -0.203. The van der Waals surface area contributed by atoms with Gasteiger partial charge in [0.2, 0.25) is 0 Å². The van der Waals surface area contributed by atoms with Gasteiger partial charge in [0.25, 0.3) is 11.8 Å². The van der Waals surface area contributed by atoms with Crippen LogP contribution in [0.15, 0.2) is 35.1 Å². The first kappa shape index (κ1) is 18.2. The van der Waals surface area contributed by atoms with Gasteiger partial charge in [0.1, 0.15) is 5.76 Å². The molecule has 0 bridgehead atoms. The summed E-state index contributed by atoms with van der Waals surface area (Å²) >= 11 is 0. The van der Waals surface area contributed by atoms with Gasteiger partial charge in [-0.25, -0.2) is 4.98 Å². The second kappa shape index (κ2) is 7.84. The fraction of sp³-hybridized carbons (Fsp3) is 0.400. The van der Waals surface area contributed by atoms with Gasteiger partial charge in [-0.15, -0.1) is 0 Å². The van der Waals surface area contributed by atoms with E-state index in [2.05, 4.69) is 20.5 Å². The van der Waals surface area contributed by atoms with E-state index in [1.54, 1.807) is 4.90 Å². The number of rotatable bonds is 5. The van der Waals surface area contributed by atoms with Crippen molar-refractivity contribution in [1.29, 1.82) is 0 Å². The lowest BCUT2D eigenvalue weighted by Crippen LogP contribution is -2.44. The average molecular weight is 381 g/mol. The van der Waals surface area contributed by atoms with Crippen LogP contribution in [-0.4, -0.2) is 51.5 Å². The molecule has 1 aliphatic heterocycles. The van der Waals surface area contributed by atoms with Crippen molar-refractivity contribution in [2.75, 3.05) is 19.6 Å². The van der Waals surface area contributed by atoms with Gasteiger partial charge in [0.15, 0.2) is 17.8 Å². The van der Waals surface area contributed by atoms with E-state index in [0.29, 0.717) is 43.2 Å². The highest BCUT2D eigenvalue weighted by Crippen LogP contribution is 2.20. The Balaban J connectivity index is 1.37. The molecule has 1 aliphatic rings. The van der Waals surface area contributed by atoms with Gasteiger partial charge in [0, 0.05) is 31.4 Å². The fourth-order valence-electron chi connectivity index (χ4n) is 3.72. The molecule has 0 radical (unpaired) electrons. The van der Waals surface area contributed by atoms with Crippen molar-refractivity contribution < 1.29 is 14.0 Å². The van der Waals surface area contributed by atoms with Crippen molar-refractivity contribution in [2.24, 2.45) is 5.92 Å². The zero-order valence-corrected chi connectivity index (χ0v) is 15.8. The van der Waals surface area contributed by atoms with Crippen LogP contribution in [0.4, 0.5) is 0 Å². The van der Waals surface area contributed by atoms with Crippen LogP contribution in [0.1, 0.15) is 46.5 Å². The van der Waals surface area contributed by atoms with E-state index in [0.717, 1.165) is 23.7 Å². The maximum absolute atomic E-state index is 12.8. The van der Waals surface area contributed by atoms with Crippen molar-refractivity contribution in [3.63, 3.8) is 0 Å². The standard InChI is InChI=1S/C20H23N5O3/c1-2-16-18(22-12-28-16)20(27)25-9-5-6-13(11-25)10-21-19(26)17-14-7-3-4-8-15(14)23-24-17/h3-4,7-8,12-13H,2,5-6,9-11H2,1H3,(H,21,26)(H,23,24)/t13-/m0/s1. The molecule has 0 saturated carbocycles. The van der Waals surface area contributed by atoms with Gasteiger partial charge < -0.3 is 14.6 Å². The summed E-state index contributed by atoms with van der Waals surface area (Å²) in [5, 5.41) is 10.8. The highest BCUT2D eigenvalue weighted by Gasteiger charge is 2.28. The lowest BCUT2D eigenvalue weighted by atomic mass is 9.97. The molecule has 8 nitrogen and oxygen atoms in total. The van der Waals surface area contributed by atoms with Gasteiger partial charge in [-0.05, 0) is 24.8 Å². The molecule has 3 heterocycles. The lowest BCUT2D eigenvalue weighted by Gasteiger charge is -2.32. The molecular weight excluding hydrogens is 358 g/mol. The Hall–Kier alpha value is -3.16. The number of aromatic nitrogens is 3. The van der Waals surface area contributed by atoms with E-state index in [-0.39, 0.29) is 17.7 Å². The first-order valence-electron chi connectivity index (χ1n) is 9.60. The van der Waals surface area contributed by atoms with Crippen molar-refractivity contribution in [2.45, 2.75) is 26.2 Å². The molecule has 0 unspecified atom stereocenters. The molecule has 3 aromatic rings. The molecule has 2 amide bonds. The SMILES string of the molecule is CCc1ocnc1C(=O)N1CCC[C@@H](CNC(=O)c2n[nH]c3ccccc23)C1. The van der Waals surface area contributed by atoms with Gasteiger partial charge >= 0.3 is 0 Å². The van der Waals surface area contributed by atoms with E-state index in [4.69, 9.17) is 4.42 Å². The zero-order chi connectivity index (χ0) is 19.5. The summed E-state index contributed by atoms with van der Waals surface area (Å²) in [4.78, 5) is 31.2. The number of H-pyrrole nitrogens is 1. The predicted molar refractivity (Wildman–Crippen MR) is 103 cm³/mol. The maximum Gasteiger partial charge on any atom is 0.276 e. The molecule has 0 aliphatic carbocycles. The topological polar surface area (TPSA) is 104 Å². The number of oxazole rings is 1. The number of para-hydroxylation sites is 1. The van der Waals surface area contributed by atoms with E-state index in [1.807, 2.05) is 31.2 Å². The second-order valence-electron chi connectivity index (χ2n) is 7.06. The molecule has 1 fully saturated rings. The zero-order valence-electron chi connectivity index (χ0n) is 15.8. The molecule has 2 aromatic heterocycles. The number of carbonyl (C=O) groups excluding carboxylic acids is 2. The van der Waals surface area contributed by atoms with Gasteiger partial charge in [-0.2, -0.15) is 5.10 Å². The number of benzene rings is 1. The Bertz CT molecular complexity index is 993. The predicted octanol–water partition coefficient (Wildman–Crippen LogP) is 2.40. The Morgan fingerprint density at radius 1 is 1.32 bits per heavy atom. The third-order valence-electron chi connectivity index (χ3n) is 5.21. The second-order valence-corrected chi connectivity index (χ2v) is 7.06. The molecule has 8 heteroatoms. The number of aromatic amines is 1. The number of likely N-dealkylation sites (tertiary alicyclic amines) is 1. The first-order valence-corrected chi connectivity index (χ1v) is 9.60. The smallest absolute Gasteiger partial charge is 0.276 e. The number of aryl methyl sites for hydroxylation is 1. The van der Waals surface area contributed by atoms with Crippen molar-refractivity contribution in [3.8, 4) is 0 Å². The molecule has 1 saturated heterocycles. The van der Waals surface area contributed by atoms with Crippen LogP contribution < -0.4 is 5.32 Å². The minimum absolute atomic E-state index is 0.0973. The summed E-state index contributed by atoms with van der Waals surface area (Å²) in [6.07, 6.45) is 3.82. The van der Waals surface area contributed by atoms with E-state index in [1.165, 1.54) is 6.39 Å². The molecular formula is C20H23N5O3. The molecule has 1 atom stereocenters. The largest absolute Gasteiger partial charge is 0.448 e. The third-order valence-corrected chi connectivity index (χ3v) is 5.21. The van der Waals surface area contributed by atoms with Crippen LogP contribution in [0, 0.1) is 5.92 Å². The van der Waals surface area contributed by atoms with Crippen LogP contribution in [0.2, 0.25) is 0 Å². The summed E-state index contributed by atoms with van der Waals surface area (Å²) in [6, 6.07) is 7.54. The molecule has 0 spiro atoms. The van der Waals surface area contributed by atoms with Crippen molar-refractivity contribution in [3.05, 3.63) is 47.8 Å². The molecule has 1 aromatic carbocycles. The minimum Gasteiger partial charge on any atom is -0.448 e. The Morgan fingerprint density at radius 2 is 2.18 bits per heavy atom. The van der Waals surface area contributed by atoms with E-state index >= 15 is 0 Å². The number of hydrogen-bond acceptors (Lipinski definition) is 5. The number of amides is 2. The van der Waals surface area contributed by atoms with Gasteiger partial charge in [0.05, 0.1) is 5.52 Å². The number of hydrogen-bond donors (Lipinski definition) is 2. The Kier molecular flexibility index (Phi) is 5.10. The van der Waals surface area contributed by atoms with Crippen LogP contribution in [0.5, 0.6) is 0 Å². The van der Waals surface area contributed by atoms with Gasteiger partial charge in [-0.1, -0.05) is 25.1 Å². The lowest BCUT2D eigenvalue weighted by molar-refractivity contribution is 0.0663. The summed E-state index contributed by atoms with van der Waals surface area (Å²) in [7, 11) is 0. The normalized spacial score (nSPS) is 17.0. The third kappa shape index (κ3) is 3.49. The Morgan fingerprint density at radius 3 is 3.04 bits per heavy atom. The molecule has 146 valence electrons. The molecule has 28 heavy (non-hydrogen) atoms.